The van der Waals surface area contributed by atoms with Gasteiger partial charge in [-0.2, -0.15) is 0 Å². The molecule has 2 aromatic heterocycles. The van der Waals surface area contributed by atoms with Crippen LogP contribution in [0.4, 0.5) is 5.69 Å². The third-order valence-corrected chi connectivity index (χ3v) is 5.59. The highest BCUT2D eigenvalue weighted by atomic mass is 35.5. The van der Waals surface area contributed by atoms with Gasteiger partial charge in [-0.25, -0.2) is 0 Å². The molecule has 3 aromatic rings. The van der Waals surface area contributed by atoms with Crippen LogP contribution in [0.1, 0.15) is 17.4 Å². The number of nitrogens with zero attached hydrogens (tertiary/aromatic N) is 1. The Morgan fingerprint density at radius 1 is 1.40 bits per heavy atom. The van der Waals surface area contributed by atoms with Crippen molar-refractivity contribution in [3.8, 4) is 0 Å². The lowest BCUT2D eigenvalue weighted by atomic mass is 10.2. The molecule has 0 saturated carbocycles. The van der Waals surface area contributed by atoms with Crippen LogP contribution in [0, 0.1) is 11.7 Å². The van der Waals surface area contributed by atoms with Crippen molar-refractivity contribution in [3.63, 3.8) is 0 Å². The number of benzene rings is 1. The number of carbonyl (C=O) groups excluding carboxylic acids is 1. The van der Waals surface area contributed by atoms with Crippen LogP contribution < -0.4 is 10.9 Å². The number of aromatic amines is 1. The molecule has 8 heteroatoms. The fourth-order valence-corrected chi connectivity index (χ4v) is 4.04. The number of fused-ring (bicyclic) bond motifs is 1. The number of carbonyl (C=O) groups is 1. The molecule has 0 fully saturated rings. The standard InChI is InChI=1S/C17H16ClN3O2S2/c1-3-11-7-12-15(25-11)20-17(24)21(16(12)23)8-14(22)19-13-5-4-10(18)6-9(13)2/h4-7H,3,8H2,1-2H3,(H,19,22)(H,20,24). The Hall–Kier alpha value is -1.96. The number of H-pyrrole nitrogens is 1. The van der Waals surface area contributed by atoms with E-state index in [-0.39, 0.29) is 22.8 Å². The smallest absolute Gasteiger partial charge is 0.263 e. The summed E-state index contributed by atoms with van der Waals surface area (Å²) < 4.78 is 1.52. The molecule has 1 aromatic carbocycles. The third-order valence-electron chi connectivity index (χ3n) is 3.84. The lowest BCUT2D eigenvalue weighted by molar-refractivity contribution is -0.116. The Morgan fingerprint density at radius 3 is 2.84 bits per heavy atom. The molecule has 0 spiro atoms. The third kappa shape index (κ3) is 3.68. The summed E-state index contributed by atoms with van der Waals surface area (Å²) >= 11 is 12.7. The predicted molar refractivity (Wildman–Crippen MR) is 105 cm³/mol. The minimum absolute atomic E-state index is 0.149. The van der Waals surface area contributed by atoms with Crippen LogP contribution in [0.5, 0.6) is 0 Å². The summed E-state index contributed by atoms with van der Waals surface area (Å²) in [5.74, 6) is -0.322. The molecule has 1 amide bonds. The Bertz CT molecular complexity index is 1080. The van der Waals surface area contributed by atoms with E-state index < -0.39 is 0 Å². The van der Waals surface area contributed by atoms with Gasteiger partial charge in [-0.3, -0.25) is 14.2 Å². The maximum Gasteiger partial charge on any atom is 0.263 e. The van der Waals surface area contributed by atoms with Gasteiger partial charge in [-0.05, 0) is 55.4 Å². The molecule has 0 bridgehead atoms. The van der Waals surface area contributed by atoms with Gasteiger partial charge < -0.3 is 10.3 Å². The quantitative estimate of drug-likeness (QED) is 0.650. The van der Waals surface area contributed by atoms with Crippen LogP contribution in [-0.2, 0) is 17.8 Å². The molecule has 0 aliphatic carbocycles. The normalized spacial score (nSPS) is 11.0. The number of aryl methyl sites for hydroxylation is 2. The molecule has 25 heavy (non-hydrogen) atoms. The topological polar surface area (TPSA) is 66.9 Å². The molecule has 5 nitrogen and oxygen atoms in total. The van der Waals surface area contributed by atoms with Gasteiger partial charge in [0.05, 0.1) is 5.39 Å². The van der Waals surface area contributed by atoms with E-state index >= 15 is 0 Å². The lowest BCUT2D eigenvalue weighted by Crippen LogP contribution is -2.28. The molecule has 0 aliphatic heterocycles. The average molecular weight is 394 g/mol. The molecule has 2 heterocycles. The molecule has 0 radical (unpaired) electrons. The summed E-state index contributed by atoms with van der Waals surface area (Å²) in [6, 6.07) is 7.05. The van der Waals surface area contributed by atoms with Crippen molar-refractivity contribution < 1.29 is 4.79 Å². The van der Waals surface area contributed by atoms with Crippen molar-refractivity contribution in [3.05, 3.63) is 54.9 Å². The van der Waals surface area contributed by atoms with Crippen molar-refractivity contribution in [2.45, 2.75) is 26.8 Å². The van der Waals surface area contributed by atoms with Gasteiger partial charge in [0.2, 0.25) is 5.91 Å². The lowest BCUT2D eigenvalue weighted by Gasteiger charge is -2.10. The van der Waals surface area contributed by atoms with Crippen LogP contribution in [-0.4, -0.2) is 15.5 Å². The van der Waals surface area contributed by atoms with Crippen LogP contribution in [0.2, 0.25) is 5.02 Å². The fourth-order valence-electron chi connectivity index (χ4n) is 2.51. The van der Waals surface area contributed by atoms with Crippen LogP contribution in [0.3, 0.4) is 0 Å². The first kappa shape index (κ1) is 17.8. The zero-order chi connectivity index (χ0) is 18.1. The Kier molecular flexibility index (Phi) is 5.08. The maximum absolute atomic E-state index is 12.7. The highest BCUT2D eigenvalue weighted by molar-refractivity contribution is 7.71. The number of hydrogen-bond acceptors (Lipinski definition) is 4. The summed E-state index contributed by atoms with van der Waals surface area (Å²) in [7, 11) is 0. The van der Waals surface area contributed by atoms with Gasteiger partial charge in [0, 0.05) is 15.6 Å². The van der Waals surface area contributed by atoms with Crippen LogP contribution in [0.15, 0.2) is 29.1 Å². The van der Waals surface area contributed by atoms with Gasteiger partial charge >= 0.3 is 0 Å². The first-order chi connectivity index (χ1) is 11.9. The van der Waals surface area contributed by atoms with E-state index in [2.05, 4.69) is 10.3 Å². The van der Waals surface area contributed by atoms with Crippen molar-refractivity contribution in [2.24, 2.45) is 0 Å². The summed E-state index contributed by atoms with van der Waals surface area (Å²) in [5, 5.41) is 3.95. The Labute approximate surface area is 158 Å². The molecule has 0 saturated heterocycles. The molecular formula is C17H16ClN3O2S2. The number of amides is 1. The molecular weight excluding hydrogens is 378 g/mol. The summed E-state index contributed by atoms with van der Waals surface area (Å²) in [4.78, 5) is 29.9. The number of halogens is 1. The fraction of sp³-hybridized carbons (Fsp3) is 0.235. The molecule has 130 valence electrons. The monoisotopic (exact) mass is 393 g/mol. The Morgan fingerprint density at radius 2 is 2.16 bits per heavy atom. The SMILES string of the molecule is CCc1cc2c(=O)n(CC(=O)Nc3ccc(Cl)cc3C)c(=S)[nH]c2s1. The van der Waals surface area contributed by atoms with E-state index in [1.54, 1.807) is 18.2 Å². The van der Waals surface area contributed by atoms with Crippen LogP contribution in [0.25, 0.3) is 10.2 Å². The summed E-state index contributed by atoms with van der Waals surface area (Å²) in [6.07, 6.45) is 0.843. The second kappa shape index (κ2) is 7.11. The first-order valence-corrected chi connectivity index (χ1v) is 9.31. The molecule has 2 N–H and O–H groups in total. The number of hydrogen-bond donors (Lipinski definition) is 2. The average Bonchev–Trinajstić information content (AvgIpc) is 2.97. The molecule has 0 unspecified atom stereocenters. The van der Waals surface area contributed by atoms with E-state index in [1.807, 2.05) is 19.9 Å². The van der Waals surface area contributed by atoms with Gasteiger partial charge in [0.25, 0.3) is 5.56 Å². The second-order valence-electron chi connectivity index (χ2n) is 5.64. The highest BCUT2D eigenvalue weighted by Crippen LogP contribution is 2.22. The zero-order valence-electron chi connectivity index (χ0n) is 13.7. The number of anilines is 1. The highest BCUT2D eigenvalue weighted by Gasteiger charge is 2.13. The zero-order valence-corrected chi connectivity index (χ0v) is 16.1. The minimum atomic E-state index is -0.322. The number of thiophene rings is 1. The number of aromatic nitrogens is 2. The van der Waals surface area contributed by atoms with Crippen molar-refractivity contribution >= 4 is 57.0 Å². The maximum atomic E-state index is 12.7. The minimum Gasteiger partial charge on any atom is -0.324 e. The molecule has 3 rings (SSSR count). The van der Waals surface area contributed by atoms with E-state index in [9.17, 15) is 9.59 Å². The second-order valence-corrected chi connectivity index (χ2v) is 7.60. The van der Waals surface area contributed by atoms with Crippen LogP contribution >= 0.6 is 35.2 Å². The number of rotatable bonds is 4. The van der Waals surface area contributed by atoms with E-state index in [4.69, 9.17) is 23.8 Å². The van der Waals surface area contributed by atoms with E-state index in [0.717, 1.165) is 21.7 Å². The summed E-state index contributed by atoms with van der Waals surface area (Å²) in [5.41, 5.74) is 1.25. The van der Waals surface area contributed by atoms with Gasteiger partial charge in [-0.1, -0.05) is 18.5 Å². The van der Waals surface area contributed by atoms with Gasteiger partial charge in [0.15, 0.2) is 4.77 Å². The van der Waals surface area contributed by atoms with Gasteiger partial charge in [0.1, 0.15) is 11.4 Å². The summed E-state index contributed by atoms with van der Waals surface area (Å²) in [6.45, 7) is 3.73. The molecule has 0 atom stereocenters. The molecule has 0 aliphatic rings. The number of nitrogens with one attached hydrogen (secondary N) is 2. The van der Waals surface area contributed by atoms with Crippen molar-refractivity contribution in [2.75, 3.05) is 5.32 Å². The predicted octanol–water partition coefficient (Wildman–Crippen LogP) is 4.28. The van der Waals surface area contributed by atoms with E-state index in [0.29, 0.717) is 16.1 Å². The van der Waals surface area contributed by atoms with Gasteiger partial charge in [-0.15, -0.1) is 11.3 Å². The Balaban J connectivity index is 1.90. The largest absolute Gasteiger partial charge is 0.324 e. The van der Waals surface area contributed by atoms with E-state index in [1.165, 1.54) is 15.9 Å². The van der Waals surface area contributed by atoms with Crippen molar-refractivity contribution in [1.29, 1.82) is 0 Å². The first-order valence-electron chi connectivity index (χ1n) is 7.70. The van der Waals surface area contributed by atoms with Crippen molar-refractivity contribution in [1.82, 2.24) is 9.55 Å².